The summed E-state index contributed by atoms with van der Waals surface area (Å²) in [7, 11) is 0. The van der Waals surface area contributed by atoms with E-state index in [1.54, 1.807) is 0 Å². The number of hydrogen-bond donors (Lipinski definition) is 1. The van der Waals surface area contributed by atoms with E-state index in [-0.39, 0.29) is 11.7 Å². The number of nitrogens with one attached hydrogen (secondary N) is 1. The van der Waals surface area contributed by atoms with Crippen molar-refractivity contribution in [2.24, 2.45) is 0 Å². The minimum absolute atomic E-state index is 0.0190. The van der Waals surface area contributed by atoms with Crippen LogP contribution in [0.5, 0.6) is 0 Å². The van der Waals surface area contributed by atoms with Crippen LogP contribution in [0.2, 0.25) is 0 Å². The first kappa shape index (κ1) is 10.0. The first-order valence-corrected chi connectivity index (χ1v) is 4.52. The van der Waals surface area contributed by atoms with Gasteiger partial charge in [0.1, 0.15) is 0 Å². The molecule has 2 rings (SSSR count). The molecular formula is C10H9F2NO2. The molecule has 1 amide bonds. The van der Waals surface area contributed by atoms with Gasteiger partial charge < -0.3 is 10.1 Å². The maximum Gasteiger partial charge on any atom is 0.254 e. The van der Waals surface area contributed by atoms with Crippen LogP contribution in [0, 0.1) is 11.6 Å². The molecule has 1 heterocycles. The van der Waals surface area contributed by atoms with E-state index in [0.29, 0.717) is 13.2 Å². The molecule has 0 aliphatic carbocycles. The molecule has 5 heteroatoms. The van der Waals surface area contributed by atoms with Gasteiger partial charge in [0.15, 0.2) is 11.6 Å². The molecule has 1 aliphatic rings. The highest BCUT2D eigenvalue weighted by Crippen LogP contribution is 2.12. The van der Waals surface area contributed by atoms with E-state index >= 15 is 0 Å². The lowest BCUT2D eigenvalue weighted by atomic mass is 10.2. The Morgan fingerprint density at radius 2 is 2.27 bits per heavy atom. The second-order valence-corrected chi connectivity index (χ2v) is 3.27. The van der Waals surface area contributed by atoms with Crippen molar-refractivity contribution in [3.05, 3.63) is 35.4 Å². The number of carbonyl (C=O) groups excluding carboxylic acids is 1. The Hall–Kier alpha value is -1.49. The fourth-order valence-corrected chi connectivity index (χ4v) is 1.17. The van der Waals surface area contributed by atoms with Crippen molar-refractivity contribution in [3.63, 3.8) is 0 Å². The van der Waals surface area contributed by atoms with Crippen molar-refractivity contribution >= 4 is 5.91 Å². The first-order valence-electron chi connectivity index (χ1n) is 4.52. The molecular weight excluding hydrogens is 204 g/mol. The quantitative estimate of drug-likeness (QED) is 0.764. The molecule has 1 aromatic rings. The van der Waals surface area contributed by atoms with Crippen molar-refractivity contribution in [1.29, 1.82) is 0 Å². The van der Waals surface area contributed by atoms with Gasteiger partial charge in [-0.3, -0.25) is 4.79 Å². The van der Waals surface area contributed by atoms with E-state index in [1.807, 2.05) is 0 Å². The second-order valence-electron chi connectivity index (χ2n) is 3.27. The highest BCUT2D eigenvalue weighted by Gasteiger charge is 2.24. The number of carbonyl (C=O) groups is 1. The van der Waals surface area contributed by atoms with Crippen LogP contribution in [0.25, 0.3) is 0 Å². The molecule has 0 bridgehead atoms. The molecule has 1 aliphatic heterocycles. The van der Waals surface area contributed by atoms with Crippen LogP contribution in [0.3, 0.4) is 0 Å². The minimum atomic E-state index is -1.12. The van der Waals surface area contributed by atoms with Crippen molar-refractivity contribution < 1.29 is 18.3 Å². The lowest BCUT2D eigenvalue weighted by Crippen LogP contribution is -2.28. The summed E-state index contributed by atoms with van der Waals surface area (Å²) in [5.74, 6) is -2.76. The molecule has 1 fully saturated rings. The van der Waals surface area contributed by atoms with Crippen LogP contribution in [0.15, 0.2) is 18.2 Å². The van der Waals surface area contributed by atoms with Gasteiger partial charge in [-0.1, -0.05) is 6.07 Å². The van der Waals surface area contributed by atoms with Gasteiger partial charge in [-0.15, -0.1) is 0 Å². The van der Waals surface area contributed by atoms with Crippen LogP contribution in [-0.4, -0.2) is 25.2 Å². The van der Waals surface area contributed by atoms with Gasteiger partial charge >= 0.3 is 0 Å². The van der Waals surface area contributed by atoms with E-state index < -0.39 is 17.5 Å². The van der Waals surface area contributed by atoms with Gasteiger partial charge in [0.2, 0.25) is 0 Å². The predicted molar refractivity (Wildman–Crippen MR) is 48.4 cm³/mol. The number of hydrogen-bond acceptors (Lipinski definition) is 2. The first-order chi connectivity index (χ1) is 7.18. The van der Waals surface area contributed by atoms with Gasteiger partial charge in [-0.2, -0.15) is 0 Å². The Labute approximate surface area is 85.0 Å². The lowest BCUT2D eigenvalue weighted by molar-refractivity contribution is 0.0945. The Balaban J connectivity index is 2.06. The fraction of sp³-hybridized carbons (Fsp3) is 0.300. The summed E-state index contributed by atoms with van der Waals surface area (Å²) in [4.78, 5) is 11.4. The molecule has 0 radical (unpaired) electrons. The Bertz CT molecular complexity index is 391. The average molecular weight is 213 g/mol. The molecule has 1 saturated heterocycles. The lowest BCUT2D eigenvalue weighted by Gasteiger charge is -2.04. The zero-order valence-electron chi connectivity index (χ0n) is 7.80. The Kier molecular flexibility index (Phi) is 2.64. The SMILES string of the molecule is O=C(NC[C@H]1CO1)c1cccc(F)c1F. The highest BCUT2D eigenvalue weighted by atomic mass is 19.2. The smallest absolute Gasteiger partial charge is 0.254 e. The maximum atomic E-state index is 13.1. The molecule has 1 atom stereocenters. The van der Waals surface area contributed by atoms with Crippen molar-refractivity contribution in [1.82, 2.24) is 5.32 Å². The minimum Gasteiger partial charge on any atom is -0.371 e. The Morgan fingerprint density at radius 3 is 2.93 bits per heavy atom. The summed E-state index contributed by atoms with van der Waals surface area (Å²) in [6.07, 6.45) is 0.0190. The largest absolute Gasteiger partial charge is 0.371 e. The summed E-state index contributed by atoms with van der Waals surface area (Å²) < 4.78 is 30.8. The molecule has 0 spiro atoms. The summed E-state index contributed by atoms with van der Waals surface area (Å²) in [5, 5.41) is 2.46. The third kappa shape index (κ3) is 2.30. The third-order valence-corrected chi connectivity index (χ3v) is 2.09. The van der Waals surface area contributed by atoms with E-state index in [9.17, 15) is 13.6 Å². The number of halogens is 2. The monoisotopic (exact) mass is 213 g/mol. The third-order valence-electron chi connectivity index (χ3n) is 2.09. The van der Waals surface area contributed by atoms with E-state index in [1.165, 1.54) is 12.1 Å². The van der Waals surface area contributed by atoms with Crippen molar-refractivity contribution in [2.45, 2.75) is 6.10 Å². The van der Waals surface area contributed by atoms with E-state index in [2.05, 4.69) is 5.32 Å². The molecule has 80 valence electrons. The summed E-state index contributed by atoms with van der Waals surface area (Å²) in [6, 6.07) is 3.50. The normalized spacial score (nSPS) is 18.7. The molecule has 0 aromatic heterocycles. The predicted octanol–water partition coefficient (Wildman–Crippen LogP) is 1.09. The molecule has 1 aromatic carbocycles. The number of amides is 1. The number of benzene rings is 1. The number of rotatable bonds is 3. The van der Waals surface area contributed by atoms with Gasteiger partial charge in [0, 0.05) is 6.54 Å². The Morgan fingerprint density at radius 1 is 1.53 bits per heavy atom. The fourth-order valence-electron chi connectivity index (χ4n) is 1.17. The number of ether oxygens (including phenoxy) is 1. The van der Waals surface area contributed by atoms with Crippen molar-refractivity contribution in [2.75, 3.05) is 13.2 Å². The maximum absolute atomic E-state index is 13.1. The summed E-state index contributed by atoms with van der Waals surface area (Å²) in [6.45, 7) is 0.931. The molecule has 1 N–H and O–H groups in total. The van der Waals surface area contributed by atoms with Gasteiger partial charge in [0.25, 0.3) is 5.91 Å². The molecule has 0 unspecified atom stereocenters. The highest BCUT2D eigenvalue weighted by molar-refractivity contribution is 5.94. The van der Waals surface area contributed by atoms with Crippen LogP contribution >= 0.6 is 0 Å². The molecule has 15 heavy (non-hydrogen) atoms. The van der Waals surface area contributed by atoms with Crippen molar-refractivity contribution in [3.8, 4) is 0 Å². The van der Waals surface area contributed by atoms with Crippen LogP contribution in [0.1, 0.15) is 10.4 Å². The summed E-state index contributed by atoms with van der Waals surface area (Å²) in [5.41, 5.74) is -0.282. The molecule has 3 nitrogen and oxygen atoms in total. The van der Waals surface area contributed by atoms with Crippen LogP contribution < -0.4 is 5.32 Å². The van der Waals surface area contributed by atoms with Crippen LogP contribution in [0.4, 0.5) is 8.78 Å². The second kappa shape index (κ2) is 3.94. The van der Waals surface area contributed by atoms with Gasteiger partial charge in [-0.05, 0) is 12.1 Å². The van der Waals surface area contributed by atoms with Gasteiger partial charge in [-0.25, -0.2) is 8.78 Å². The molecule has 0 saturated carbocycles. The van der Waals surface area contributed by atoms with E-state index in [0.717, 1.165) is 6.07 Å². The zero-order chi connectivity index (χ0) is 10.8. The van der Waals surface area contributed by atoms with Gasteiger partial charge in [0.05, 0.1) is 18.3 Å². The zero-order valence-corrected chi connectivity index (χ0v) is 7.80. The number of epoxide rings is 1. The van der Waals surface area contributed by atoms with E-state index in [4.69, 9.17) is 4.74 Å². The average Bonchev–Trinajstić information content (AvgIpc) is 3.02. The topological polar surface area (TPSA) is 41.6 Å². The van der Waals surface area contributed by atoms with Crippen LogP contribution in [-0.2, 0) is 4.74 Å². The summed E-state index contributed by atoms with van der Waals surface area (Å²) >= 11 is 0. The standard InChI is InChI=1S/C10H9F2NO2/c11-8-3-1-2-7(9(8)12)10(14)13-4-6-5-15-6/h1-3,6H,4-5H2,(H,13,14)/t6-/m0/s1.